The van der Waals surface area contributed by atoms with Crippen molar-refractivity contribution >= 4 is 5.97 Å². The number of nitrogens with one attached hydrogen (secondary N) is 1. The smallest absolute Gasteiger partial charge is 0.308 e. The van der Waals surface area contributed by atoms with E-state index in [1.54, 1.807) is 7.11 Å². The van der Waals surface area contributed by atoms with Gasteiger partial charge in [-0.2, -0.15) is 0 Å². The summed E-state index contributed by atoms with van der Waals surface area (Å²) in [6.07, 6.45) is 15.7. The molecule has 150 valence electrons. The number of allylic oxidation sites excluding steroid dienone is 5. The highest BCUT2D eigenvalue weighted by Crippen LogP contribution is 2.29. The molecule has 0 aromatic heterocycles. The van der Waals surface area contributed by atoms with Gasteiger partial charge in [0.05, 0.1) is 7.11 Å². The van der Waals surface area contributed by atoms with Gasteiger partial charge in [-0.05, 0) is 56.8 Å². The van der Waals surface area contributed by atoms with Crippen LogP contribution in [-0.4, -0.2) is 26.2 Å². The summed E-state index contributed by atoms with van der Waals surface area (Å²) in [6.45, 7) is 5.27. The van der Waals surface area contributed by atoms with Crippen LogP contribution in [0.2, 0.25) is 0 Å². The van der Waals surface area contributed by atoms with E-state index in [1.807, 2.05) is 31.3 Å². The van der Waals surface area contributed by atoms with Crippen LogP contribution in [0.25, 0.3) is 0 Å². The van der Waals surface area contributed by atoms with E-state index in [4.69, 9.17) is 9.47 Å². The average molecular weight is 382 g/mol. The van der Waals surface area contributed by atoms with E-state index in [9.17, 15) is 4.79 Å². The quantitative estimate of drug-likeness (QED) is 0.355. The molecular formula is C24H31NO3. The zero-order chi connectivity index (χ0) is 20.4. The third kappa shape index (κ3) is 6.54. The number of carbonyl (C=O) groups excluding carboxylic acids is 1. The molecule has 1 N–H and O–H groups in total. The fourth-order valence-corrected chi connectivity index (χ4v) is 3.40. The van der Waals surface area contributed by atoms with Gasteiger partial charge in [0.2, 0.25) is 0 Å². The van der Waals surface area contributed by atoms with Crippen LogP contribution in [-0.2, 0) is 11.2 Å². The van der Waals surface area contributed by atoms with Crippen molar-refractivity contribution in [2.45, 2.75) is 45.1 Å². The molecule has 28 heavy (non-hydrogen) atoms. The van der Waals surface area contributed by atoms with Crippen molar-refractivity contribution in [3.63, 3.8) is 0 Å². The standard InChI is InChI=1S/C24H31NO3/c1-5-9-21(22(25-3)16-19-10-7-6-8-11-19)14-12-20-13-15-23(27-4)24(17-20)28-18(2)26/h5,7,9-11,13,15,17,22,25H,1,6,8,12,14,16H2,2-4H3/b21-9-/t22-/m0/s1. The van der Waals surface area contributed by atoms with Crippen molar-refractivity contribution in [2.75, 3.05) is 14.2 Å². The largest absolute Gasteiger partial charge is 0.493 e. The first kappa shape index (κ1) is 21.7. The topological polar surface area (TPSA) is 47.6 Å². The zero-order valence-electron chi connectivity index (χ0n) is 17.2. The van der Waals surface area contributed by atoms with Crippen LogP contribution >= 0.6 is 0 Å². The minimum absolute atomic E-state index is 0.262. The SMILES string of the molecule is C=C/C=C(/CCc1ccc(OC)c(OC(C)=O)c1)[C@H](CC1=CCCC=C1)NC. The molecule has 0 amide bonds. The minimum Gasteiger partial charge on any atom is -0.493 e. The maximum atomic E-state index is 11.3. The maximum absolute atomic E-state index is 11.3. The monoisotopic (exact) mass is 381 g/mol. The van der Waals surface area contributed by atoms with Crippen LogP contribution in [0, 0.1) is 0 Å². The van der Waals surface area contributed by atoms with Gasteiger partial charge in [0.1, 0.15) is 0 Å². The summed E-state index contributed by atoms with van der Waals surface area (Å²) in [7, 11) is 3.57. The molecule has 1 aromatic rings. The van der Waals surface area contributed by atoms with Crippen molar-refractivity contribution < 1.29 is 14.3 Å². The van der Waals surface area contributed by atoms with Gasteiger partial charge in [0.25, 0.3) is 0 Å². The summed E-state index contributed by atoms with van der Waals surface area (Å²) >= 11 is 0. The van der Waals surface area contributed by atoms with Gasteiger partial charge in [-0.3, -0.25) is 4.79 Å². The zero-order valence-corrected chi connectivity index (χ0v) is 17.2. The van der Waals surface area contributed by atoms with Gasteiger partial charge < -0.3 is 14.8 Å². The lowest BCUT2D eigenvalue weighted by Crippen LogP contribution is -2.28. The molecule has 1 aliphatic carbocycles. The molecule has 0 unspecified atom stereocenters. The first-order valence-corrected chi connectivity index (χ1v) is 9.77. The van der Waals surface area contributed by atoms with E-state index < -0.39 is 0 Å². The predicted molar refractivity (Wildman–Crippen MR) is 115 cm³/mol. The van der Waals surface area contributed by atoms with E-state index in [1.165, 1.54) is 18.1 Å². The van der Waals surface area contributed by atoms with Crippen molar-refractivity contribution in [1.29, 1.82) is 0 Å². The Morgan fingerprint density at radius 3 is 2.75 bits per heavy atom. The molecule has 0 aliphatic heterocycles. The van der Waals surface area contributed by atoms with Crippen molar-refractivity contribution in [3.8, 4) is 11.5 Å². The summed E-state index contributed by atoms with van der Waals surface area (Å²) in [5, 5.41) is 3.45. The van der Waals surface area contributed by atoms with Gasteiger partial charge in [0.15, 0.2) is 11.5 Å². The molecule has 0 spiro atoms. The molecule has 1 aromatic carbocycles. The van der Waals surface area contributed by atoms with Crippen molar-refractivity contribution in [2.24, 2.45) is 0 Å². The highest BCUT2D eigenvalue weighted by molar-refractivity contribution is 5.70. The molecule has 0 radical (unpaired) electrons. The average Bonchev–Trinajstić information content (AvgIpc) is 2.70. The number of aryl methyl sites for hydroxylation is 1. The Hall–Kier alpha value is -2.59. The molecule has 4 heteroatoms. The Bertz CT molecular complexity index is 774. The molecule has 4 nitrogen and oxygen atoms in total. The van der Waals surface area contributed by atoms with Crippen molar-refractivity contribution in [3.05, 3.63) is 71.9 Å². The second-order valence-electron chi connectivity index (χ2n) is 6.86. The number of likely N-dealkylation sites (N-methyl/N-ethyl adjacent to an activating group) is 1. The first-order valence-electron chi connectivity index (χ1n) is 9.77. The Morgan fingerprint density at radius 1 is 1.32 bits per heavy atom. The fourth-order valence-electron chi connectivity index (χ4n) is 3.40. The van der Waals surface area contributed by atoms with E-state index in [-0.39, 0.29) is 12.0 Å². The maximum Gasteiger partial charge on any atom is 0.308 e. The van der Waals surface area contributed by atoms with Crippen LogP contribution in [0.1, 0.15) is 38.2 Å². The molecule has 0 bridgehead atoms. The van der Waals surface area contributed by atoms with E-state index in [0.717, 1.165) is 37.7 Å². The van der Waals surface area contributed by atoms with E-state index in [2.05, 4.69) is 36.2 Å². The molecule has 1 atom stereocenters. The minimum atomic E-state index is -0.355. The van der Waals surface area contributed by atoms with Gasteiger partial charge in [-0.1, -0.05) is 54.2 Å². The number of esters is 1. The number of hydrogen-bond acceptors (Lipinski definition) is 4. The highest BCUT2D eigenvalue weighted by Gasteiger charge is 2.15. The van der Waals surface area contributed by atoms with E-state index in [0.29, 0.717) is 11.5 Å². The molecule has 0 saturated carbocycles. The predicted octanol–water partition coefficient (Wildman–Crippen LogP) is 4.92. The molecule has 2 rings (SSSR count). The summed E-state index contributed by atoms with van der Waals surface area (Å²) in [6, 6.07) is 6.00. The Labute approximate surface area is 168 Å². The number of ether oxygens (including phenoxy) is 2. The lowest BCUT2D eigenvalue weighted by molar-refractivity contribution is -0.132. The number of carbonyl (C=O) groups is 1. The molecular weight excluding hydrogens is 350 g/mol. The Kier molecular flexibility index (Phi) is 8.76. The summed E-state index contributed by atoms with van der Waals surface area (Å²) in [5.41, 5.74) is 3.78. The summed E-state index contributed by atoms with van der Waals surface area (Å²) in [5.74, 6) is 0.668. The Morgan fingerprint density at radius 2 is 2.14 bits per heavy atom. The number of methoxy groups -OCH3 is 1. The van der Waals surface area contributed by atoms with Gasteiger partial charge in [-0.25, -0.2) is 0 Å². The highest BCUT2D eigenvalue weighted by atomic mass is 16.6. The van der Waals surface area contributed by atoms with Gasteiger partial charge >= 0.3 is 5.97 Å². The number of hydrogen-bond donors (Lipinski definition) is 1. The summed E-state index contributed by atoms with van der Waals surface area (Å²) in [4.78, 5) is 11.3. The third-order valence-corrected chi connectivity index (χ3v) is 4.82. The van der Waals surface area contributed by atoms with Crippen LogP contribution < -0.4 is 14.8 Å². The van der Waals surface area contributed by atoms with Gasteiger partial charge in [-0.15, -0.1) is 0 Å². The van der Waals surface area contributed by atoms with Gasteiger partial charge in [0, 0.05) is 13.0 Å². The fraction of sp³-hybridized carbons (Fsp3) is 0.375. The second-order valence-corrected chi connectivity index (χ2v) is 6.86. The van der Waals surface area contributed by atoms with Crippen LogP contribution in [0.15, 0.2) is 66.3 Å². The first-order chi connectivity index (χ1) is 13.6. The van der Waals surface area contributed by atoms with Crippen LogP contribution in [0.3, 0.4) is 0 Å². The molecule has 0 fully saturated rings. The third-order valence-electron chi connectivity index (χ3n) is 4.82. The van der Waals surface area contributed by atoms with Crippen LogP contribution in [0.4, 0.5) is 0 Å². The molecule has 0 heterocycles. The molecule has 1 aliphatic rings. The normalized spacial score (nSPS) is 15.0. The van der Waals surface area contributed by atoms with Crippen molar-refractivity contribution in [1.82, 2.24) is 5.32 Å². The Balaban J connectivity index is 2.10. The van der Waals surface area contributed by atoms with Crippen LogP contribution in [0.5, 0.6) is 11.5 Å². The van der Waals surface area contributed by atoms with E-state index >= 15 is 0 Å². The lowest BCUT2D eigenvalue weighted by Gasteiger charge is -2.22. The lowest BCUT2D eigenvalue weighted by atomic mass is 9.91. The summed E-state index contributed by atoms with van der Waals surface area (Å²) < 4.78 is 10.6. The number of benzene rings is 1. The molecule has 0 saturated heterocycles. The second kappa shape index (κ2) is 11.3. The number of rotatable bonds is 10.